The summed E-state index contributed by atoms with van der Waals surface area (Å²) in [6, 6.07) is 0. The number of nitrogens with two attached hydrogens (primary N) is 1. The van der Waals surface area contributed by atoms with Crippen molar-refractivity contribution < 1.29 is 5.11 Å². The van der Waals surface area contributed by atoms with Crippen LogP contribution in [0.1, 0.15) is 6.42 Å². The third-order valence-electron chi connectivity index (χ3n) is 2.95. The first-order valence-corrected chi connectivity index (χ1v) is 7.93. The molecule has 4 nitrogen and oxygen atoms in total. The molecule has 2 fully saturated rings. The van der Waals surface area contributed by atoms with Crippen molar-refractivity contribution in [1.29, 1.82) is 0 Å². The standard InChI is InChI=1S/C10H19N3OS2.HI/c11-9(13-2-5-15-6-3-13)12-7-10(14)1-4-16-8-10;/h14H,1-8H2,(H2,11,12);1H. The molecule has 2 heterocycles. The van der Waals surface area contributed by atoms with Gasteiger partial charge in [0.05, 0.1) is 12.1 Å². The molecule has 100 valence electrons. The van der Waals surface area contributed by atoms with Gasteiger partial charge in [-0.25, -0.2) is 0 Å². The molecule has 2 aliphatic heterocycles. The zero-order valence-corrected chi connectivity index (χ0v) is 13.8. The van der Waals surface area contributed by atoms with E-state index in [-0.39, 0.29) is 24.0 Å². The Morgan fingerprint density at radius 2 is 2.00 bits per heavy atom. The maximum absolute atomic E-state index is 10.1. The highest BCUT2D eigenvalue weighted by Gasteiger charge is 2.31. The Hall–Kier alpha value is 0.660. The van der Waals surface area contributed by atoms with E-state index in [4.69, 9.17) is 5.73 Å². The number of thioether (sulfide) groups is 2. The van der Waals surface area contributed by atoms with Gasteiger partial charge >= 0.3 is 0 Å². The number of guanidine groups is 1. The highest BCUT2D eigenvalue weighted by molar-refractivity contribution is 14.0. The fourth-order valence-corrected chi connectivity index (χ4v) is 4.03. The van der Waals surface area contributed by atoms with Crippen molar-refractivity contribution in [2.24, 2.45) is 10.7 Å². The van der Waals surface area contributed by atoms with Crippen molar-refractivity contribution in [3.05, 3.63) is 0 Å². The summed E-state index contributed by atoms with van der Waals surface area (Å²) in [5.41, 5.74) is 5.32. The molecule has 2 aliphatic rings. The van der Waals surface area contributed by atoms with Crippen molar-refractivity contribution in [3.8, 4) is 0 Å². The van der Waals surface area contributed by atoms with Crippen molar-refractivity contribution in [2.45, 2.75) is 12.0 Å². The molecular formula is C10H20IN3OS2. The molecule has 17 heavy (non-hydrogen) atoms. The van der Waals surface area contributed by atoms with E-state index in [9.17, 15) is 5.11 Å². The number of aliphatic imine (C=N–C) groups is 1. The molecule has 0 spiro atoms. The van der Waals surface area contributed by atoms with E-state index in [1.54, 1.807) is 11.8 Å². The Morgan fingerprint density at radius 1 is 1.29 bits per heavy atom. The second-order valence-corrected chi connectivity index (χ2v) is 6.63. The van der Waals surface area contributed by atoms with Gasteiger partial charge in [0.1, 0.15) is 0 Å². The van der Waals surface area contributed by atoms with Crippen LogP contribution in [0.5, 0.6) is 0 Å². The third-order valence-corrected chi connectivity index (χ3v) is 5.13. The summed E-state index contributed by atoms with van der Waals surface area (Å²) in [4.78, 5) is 6.46. The minimum absolute atomic E-state index is 0. The monoisotopic (exact) mass is 389 g/mol. The summed E-state index contributed by atoms with van der Waals surface area (Å²) < 4.78 is 0. The molecule has 0 aromatic heterocycles. The fraction of sp³-hybridized carbons (Fsp3) is 0.900. The summed E-state index contributed by atoms with van der Waals surface area (Å²) in [6.45, 7) is 2.41. The molecule has 1 unspecified atom stereocenters. The summed E-state index contributed by atoms with van der Waals surface area (Å²) in [5, 5.41) is 10.1. The zero-order valence-electron chi connectivity index (χ0n) is 9.80. The van der Waals surface area contributed by atoms with E-state index >= 15 is 0 Å². The molecule has 7 heteroatoms. The third kappa shape index (κ3) is 4.68. The van der Waals surface area contributed by atoms with Crippen LogP contribution in [0, 0.1) is 0 Å². The highest BCUT2D eigenvalue weighted by atomic mass is 127. The second-order valence-electron chi connectivity index (χ2n) is 4.30. The van der Waals surface area contributed by atoms with Crippen LogP contribution in [0.4, 0.5) is 0 Å². The van der Waals surface area contributed by atoms with Crippen LogP contribution in [0.2, 0.25) is 0 Å². The predicted molar refractivity (Wildman–Crippen MR) is 87.7 cm³/mol. The van der Waals surface area contributed by atoms with Gasteiger partial charge in [-0.2, -0.15) is 23.5 Å². The first-order chi connectivity index (χ1) is 7.70. The first kappa shape index (κ1) is 15.7. The van der Waals surface area contributed by atoms with Gasteiger partial charge in [0.15, 0.2) is 5.96 Å². The molecule has 1 atom stereocenters. The lowest BCUT2D eigenvalue weighted by Crippen LogP contribution is -2.44. The number of halogens is 1. The van der Waals surface area contributed by atoms with Crippen molar-refractivity contribution in [3.63, 3.8) is 0 Å². The lowest BCUT2D eigenvalue weighted by molar-refractivity contribution is 0.0776. The van der Waals surface area contributed by atoms with Crippen LogP contribution in [-0.2, 0) is 0 Å². The molecular weight excluding hydrogens is 369 g/mol. The Kier molecular flexibility index (Phi) is 6.75. The molecule has 3 N–H and O–H groups in total. The van der Waals surface area contributed by atoms with E-state index in [2.05, 4.69) is 9.89 Å². The predicted octanol–water partition coefficient (Wildman–Crippen LogP) is 0.836. The summed E-state index contributed by atoms with van der Waals surface area (Å²) in [6.07, 6.45) is 0.838. The minimum atomic E-state index is -0.611. The van der Waals surface area contributed by atoms with Crippen LogP contribution in [0.15, 0.2) is 4.99 Å². The Bertz CT molecular complexity index is 266. The Labute approximate surface area is 128 Å². The quantitative estimate of drug-likeness (QED) is 0.416. The van der Waals surface area contributed by atoms with Crippen LogP contribution >= 0.6 is 47.5 Å². The van der Waals surface area contributed by atoms with Gasteiger partial charge in [-0.15, -0.1) is 24.0 Å². The first-order valence-electron chi connectivity index (χ1n) is 5.62. The largest absolute Gasteiger partial charge is 0.387 e. The van der Waals surface area contributed by atoms with Gasteiger partial charge in [0, 0.05) is 30.3 Å². The van der Waals surface area contributed by atoms with Crippen LogP contribution in [-0.4, -0.2) is 64.2 Å². The molecule has 0 radical (unpaired) electrons. The molecule has 0 amide bonds. The second kappa shape index (κ2) is 7.30. The lowest BCUT2D eigenvalue weighted by atomic mass is 10.1. The molecule has 2 rings (SSSR count). The SMILES string of the molecule is I.NC(=NCC1(O)CCSC1)N1CCSCC1. The van der Waals surface area contributed by atoms with Crippen molar-refractivity contribution in [2.75, 3.05) is 42.6 Å². The number of nitrogens with zero attached hydrogens (tertiary/aromatic N) is 2. The van der Waals surface area contributed by atoms with Gasteiger partial charge in [0.2, 0.25) is 0 Å². The average Bonchev–Trinajstić information content (AvgIpc) is 2.75. The minimum Gasteiger partial charge on any atom is -0.387 e. The summed E-state index contributed by atoms with van der Waals surface area (Å²) >= 11 is 3.75. The van der Waals surface area contributed by atoms with Crippen LogP contribution in [0.25, 0.3) is 0 Å². The van der Waals surface area contributed by atoms with E-state index in [0.717, 1.165) is 42.5 Å². The molecule has 2 saturated heterocycles. The Morgan fingerprint density at radius 3 is 2.59 bits per heavy atom. The number of hydrogen-bond acceptors (Lipinski definition) is 4. The zero-order chi connectivity index (χ0) is 11.4. The number of aliphatic hydroxyl groups is 1. The summed E-state index contributed by atoms with van der Waals surface area (Å²) in [7, 11) is 0. The van der Waals surface area contributed by atoms with E-state index < -0.39 is 5.60 Å². The maximum Gasteiger partial charge on any atom is 0.191 e. The molecule has 0 aromatic carbocycles. The Balaban J connectivity index is 0.00000144. The average molecular weight is 389 g/mol. The molecule has 0 bridgehead atoms. The van der Waals surface area contributed by atoms with E-state index in [0.29, 0.717) is 12.5 Å². The normalized spacial score (nSPS) is 30.2. The molecule has 0 aromatic rings. The fourth-order valence-electron chi connectivity index (χ4n) is 1.84. The topological polar surface area (TPSA) is 61.9 Å². The maximum atomic E-state index is 10.1. The van der Waals surface area contributed by atoms with Crippen LogP contribution < -0.4 is 5.73 Å². The lowest BCUT2D eigenvalue weighted by Gasteiger charge is -2.28. The van der Waals surface area contributed by atoms with Gasteiger partial charge in [0.25, 0.3) is 0 Å². The van der Waals surface area contributed by atoms with E-state index in [1.807, 2.05) is 11.8 Å². The van der Waals surface area contributed by atoms with Crippen molar-refractivity contribution in [1.82, 2.24) is 4.90 Å². The van der Waals surface area contributed by atoms with E-state index in [1.165, 1.54) is 0 Å². The van der Waals surface area contributed by atoms with Gasteiger partial charge < -0.3 is 15.7 Å². The van der Waals surface area contributed by atoms with Crippen LogP contribution in [0.3, 0.4) is 0 Å². The smallest absolute Gasteiger partial charge is 0.191 e. The summed E-state index contributed by atoms with van der Waals surface area (Å²) in [5.74, 6) is 4.67. The highest BCUT2D eigenvalue weighted by Crippen LogP contribution is 2.27. The number of hydrogen-bond donors (Lipinski definition) is 2. The molecule has 0 saturated carbocycles. The van der Waals surface area contributed by atoms with Gasteiger partial charge in [-0.1, -0.05) is 0 Å². The van der Waals surface area contributed by atoms with Gasteiger partial charge in [-0.3, -0.25) is 4.99 Å². The van der Waals surface area contributed by atoms with Gasteiger partial charge in [-0.05, 0) is 12.2 Å². The number of rotatable bonds is 2. The van der Waals surface area contributed by atoms with Crippen molar-refractivity contribution >= 4 is 53.5 Å². The molecule has 0 aliphatic carbocycles.